The van der Waals surface area contributed by atoms with E-state index in [0.717, 1.165) is 12.8 Å². The quantitative estimate of drug-likeness (QED) is 0.806. The molecule has 1 saturated heterocycles. The summed E-state index contributed by atoms with van der Waals surface area (Å²) >= 11 is 0. The first-order valence-electron chi connectivity index (χ1n) is 7.24. The van der Waals surface area contributed by atoms with Gasteiger partial charge >= 0.3 is 12.0 Å². The first-order chi connectivity index (χ1) is 9.47. The number of ether oxygens (including phenoxy) is 1. The lowest BCUT2D eigenvalue weighted by molar-refractivity contribution is -0.143. The number of hydrogen-bond donors (Lipinski definition) is 1. The van der Waals surface area contributed by atoms with E-state index < -0.39 is 12.0 Å². The zero-order valence-electron chi connectivity index (χ0n) is 12.7. The predicted octanol–water partition coefficient (Wildman–Crippen LogP) is 1.65. The summed E-state index contributed by atoms with van der Waals surface area (Å²) in [7, 11) is 1.60. The lowest BCUT2D eigenvalue weighted by Gasteiger charge is -2.37. The van der Waals surface area contributed by atoms with Crippen molar-refractivity contribution in [3.05, 3.63) is 0 Å². The van der Waals surface area contributed by atoms with Gasteiger partial charge in [0.25, 0.3) is 0 Å². The molecule has 1 N–H and O–H groups in total. The zero-order valence-corrected chi connectivity index (χ0v) is 12.7. The molecule has 0 bridgehead atoms. The fourth-order valence-corrected chi connectivity index (χ4v) is 2.51. The molecule has 0 spiro atoms. The molecule has 0 aromatic heterocycles. The third-order valence-corrected chi connectivity index (χ3v) is 3.45. The number of carbonyl (C=O) groups is 2. The average molecular weight is 286 g/mol. The minimum Gasteiger partial charge on any atom is -0.480 e. The van der Waals surface area contributed by atoms with Crippen molar-refractivity contribution in [1.29, 1.82) is 0 Å². The molecule has 6 heteroatoms. The summed E-state index contributed by atoms with van der Waals surface area (Å²) in [6.45, 7) is 6.18. The highest BCUT2D eigenvalue weighted by Crippen LogP contribution is 2.19. The van der Waals surface area contributed by atoms with Crippen LogP contribution in [0.15, 0.2) is 0 Å². The summed E-state index contributed by atoms with van der Waals surface area (Å²) in [6, 6.07) is -0.865. The van der Waals surface area contributed by atoms with Gasteiger partial charge in [0, 0.05) is 26.7 Å². The summed E-state index contributed by atoms with van der Waals surface area (Å²) in [4.78, 5) is 27.1. The molecule has 0 aromatic carbocycles. The second-order valence-corrected chi connectivity index (χ2v) is 5.66. The van der Waals surface area contributed by atoms with Gasteiger partial charge in [-0.1, -0.05) is 13.8 Å². The molecule has 0 saturated carbocycles. The van der Waals surface area contributed by atoms with E-state index in [-0.39, 0.29) is 6.03 Å². The molecule has 2 amide bonds. The molecule has 1 heterocycles. The van der Waals surface area contributed by atoms with E-state index in [9.17, 15) is 14.7 Å². The van der Waals surface area contributed by atoms with Crippen LogP contribution in [-0.4, -0.2) is 66.3 Å². The Labute approximate surface area is 120 Å². The fourth-order valence-electron chi connectivity index (χ4n) is 2.51. The maximum Gasteiger partial charge on any atom is 0.326 e. The highest BCUT2D eigenvalue weighted by atomic mass is 16.5. The number of methoxy groups -OCH3 is 1. The van der Waals surface area contributed by atoms with Gasteiger partial charge in [-0.25, -0.2) is 9.59 Å². The number of aliphatic carboxylic acids is 1. The summed E-state index contributed by atoms with van der Waals surface area (Å²) < 4.78 is 5.04. The van der Waals surface area contributed by atoms with Gasteiger partial charge < -0.3 is 19.6 Å². The van der Waals surface area contributed by atoms with Crippen LogP contribution in [0.25, 0.3) is 0 Å². The van der Waals surface area contributed by atoms with Crippen molar-refractivity contribution in [2.45, 2.75) is 39.2 Å². The van der Waals surface area contributed by atoms with Gasteiger partial charge in [0.2, 0.25) is 0 Å². The van der Waals surface area contributed by atoms with Gasteiger partial charge in [-0.2, -0.15) is 0 Å². The van der Waals surface area contributed by atoms with E-state index in [1.807, 2.05) is 13.8 Å². The van der Waals surface area contributed by atoms with Crippen LogP contribution in [-0.2, 0) is 9.53 Å². The molecular formula is C14H26N2O4. The molecule has 116 valence electrons. The molecule has 20 heavy (non-hydrogen) atoms. The number of hydrogen-bond acceptors (Lipinski definition) is 3. The zero-order chi connectivity index (χ0) is 15.1. The molecule has 0 aliphatic carbocycles. The highest BCUT2D eigenvalue weighted by Gasteiger charge is 2.34. The van der Waals surface area contributed by atoms with E-state index in [1.54, 1.807) is 12.0 Å². The second-order valence-electron chi connectivity index (χ2n) is 5.66. The lowest BCUT2D eigenvalue weighted by atomic mass is 10.0. The van der Waals surface area contributed by atoms with Crippen LogP contribution in [0.5, 0.6) is 0 Å². The topological polar surface area (TPSA) is 70.1 Å². The van der Waals surface area contributed by atoms with E-state index in [4.69, 9.17) is 4.74 Å². The van der Waals surface area contributed by atoms with Crippen molar-refractivity contribution in [1.82, 2.24) is 9.80 Å². The second kappa shape index (κ2) is 8.09. The van der Waals surface area contributed by atoms with Crippen molar-refractivity contribution in [2.75, 3.05) is 33.4 Å². The number of carboxylic acids is 1. The number of rotatable bonds is 6. The number of likely N-dealkylation sites (tertiary alicyclic amines) is 1. The Kier molecular flexibility index (Phi) is 6.78. The number of carboxylic acid groups (broad SMARTS) is 1. The Hall–Kier alpha value is -1.30. The molecule has 1 atom stereocenters. The monoisotopic (exact) mass is 286 g/mol. The maximum atomic E-state index is 12.6. The van der Waals surface area contributed by atoms with Gasteiger partial charge in [-0.3, -0.25) is 0 Å². The van der Waals surface area contributed by atoms with Crippen LogP contribution in [0.1, 0.15) is 33.1 Å². The number of urea groups is 1. The van der Waals surface area contributed by atoms with Gasteiger partial charge in [0.15, 0.2) is 0 Å². The van der Waals surface area contributed by atoms with Crippen LogP contribution >= 0.6 is 0 Å². The first kappa shape index (κ1) is 16.8. The largest absolute Gasteiger partial charge is 0.480 e. The number of piperidine rings is 1. The Morgan fingerprint density at radius 3 is 2.65 bits per heavy atom. The van der Waals surface area contributed by atoms with Crippen LogP contribution in [0, 0.1) is 5.92 Å². The number of amides is 2. The fraction of sp³-hybridized carbons (Fsp3) is 0.857. The lowest BCUT2D eigenvalue weighted by Crippen LogP contribution is -2.54. The maximum absolute atomic E-state index is 12.6. The third kappa shape index (κ3) is 4.67. The first-order valence-corrected chi connectivity index (χ1v) is 7.24. The molecular weight excluding hydrogens is 260 g/mol. The SMILES string of the molecule is COCCN(CC(C)C)C(=O)N1CCCCC1C(=O)O. The van der Waals surface area contributed by atoms with E-state index in [2.05, 4.69) is 0 Å². The van der Waals surface area contributed by atoms with Crippen LogP contribution in [0.4, 0.5) is 4.79 Å². The highest BCUT2D eigenvalue weighted by molar-refractivity contribution is 5.83. The number of nitrogens with zero attached hydrogens (tertiary/aromatic N) is 2. The van der Waals surface area contributed by atoms with Crippen LogP contribution < -0.4 is 0 Å². The predicted molar refractivity (Wildman–Crippen MR) is 75.7 cm³/mol. The Balaban J connectivity index is 2.76. The normalized spacial score (nSPS) is 19.2. The van der Waals surface area contributed by atoms with Gasteiger partial charge in [0.1, 0.15) is 6.04 Å². The number of carbonyl (C=O) groups excluding carboxylic acids is 1. The van der Waals surface area contributed by atoms with Crippen molar-refractivity contribution in [3.63, 3.8) is 0 Å². The molecule has 1 aliphatic rings. The molecule has 1 rings (SSSR count). The van der Waals surface area contributed by atoms with Crippen molar-refractivity contribution >= 4 is 12.0 Å². The third-order valence-electron chi connectivity index (χ3n) is 3.45. The summed E-state index contributed by atoms with van der Waals surface area (Å²) in [5.74, 6) is -0.571. The molecule has 6 nitrogen and oxygen atoms in total. The van der Waals surface area contributed by atoms with E-state index in [1.165, 1.54) is 4.90 Å². The summed E-state index contributed by atoms with van der Waals surface area (Å²) in [6.07, 6.45) is 2.28. The van der Waals surface area contributed by atoms with E-state index in [0.29, 0.717) is 38.6 Å². The summed E-state index contributed by atoms with van der Waals surface area (Å²) in [5, 5.41) is 9.26. The Morgan fingerprint density at radius 2 is 2.10 bits per heavy atom. The van der Waals surface area contributed by atoms with Crippen molar-refractivity contribution < 1.29 is 19.4 Å². The van der Waals surface area contributed by atoms with Gasteiger partial charge in [0.05, 0.1) is 6.61 Å². The Morgan fingerprint density at radius 1 is 1.40 bits per heavy atom. The summed E-state index contributed by atoms with van der Waals surface area (Å²) in [5.41, 5.74) is 0. The van der Waals surface area contributed by atoms with Crippen LogP contribution in [0.3, 0.4) is 0 Å². The standard InChI is InChI=1S/C14H26N2O4/c1-11(2)10-15(8-9-20-3)14(19)16-7-5-4-6-12(16)13(17)18/h11-12H,4-10H2,1-3H3,(H,17,18). The molecule has 0 radical (unpaired) electrons. The van der Waals surface area contributed by atoms with E-state index >= 15 is 0 Å². The van der Waals surface area contributed by atoms with Crippen molar-refractivity contribution in [3.8, 4) is 0 Å². The smallest absolute Gasteiger partial charge is 0.326 e. The van der Waals surface area contributed by atoms with Gasteiger partial charge in [-0.15, -0.1) is 0 Å². The molecule has 1 fully saturated rings. The van der Waals surface area contributed by atoms with Crippen molar-refractivity contribution in [2.24, 2.45) is 5.92 Å². The molecule has 0 aromatic rings. The van der Waals surface area contributed by atoms with Crippen LogP contribution in [0.2, 0.25) is 0 Å². The Bertz CT molecular complexity index is 333. The minimum atomic E-state index is -0.908. The molecule has 1 unspecified atom stereocenters. The molecule has 1 aliphatic heterocycles. The average Bonchev–Trinajstić information content (AvgIpc) is 2.42. The minimum absolute atomic E-state index is 0.178. The van der Waals surface area contributed by atoms with Gasteiger partial charge in [-0.05, 0) is 25.2 Å².